The van der Waals surface area contributed by atoms with Crippen molar-refractivity contribution in [2.24, 2.45) is 0 Å². The standard InChI is InChI=1S/C17H27N3/c1-13(2)20-15(12-19-9-7-18-8-10-19)11-16-14(3)5-4-6-17(16)20/h4-6,13,15,18H,7-12H2,1-3H3. The second-order valence-electron chi connectivity index (χ2n) is 6.48. The number of hydrogen-bond acceptors (Lipinski definition) is 3. The highest BCUT2D eigenvalue weighted by atomic mass is 15.3. The fraction of sp³-hybridized carbons (Fsp3) is 0.647. The van der Waals surface area contributed by atoms with Crippen LogP contribution in [-0.2, 0) is 6.42 Å². The van der Waals surface area contributed by atoms with E-state index in [1.165, 1.54) is 37.3 Å². The zero-order valence-corrected chi connectivity index (χ0v) is 13.0. The average molecular weight is 273 g/mol. The maximum Gasteiger partial charge on any atom is 0.0461 e. The number of hydrogen-bond donors (Lipinski definition) is 1. The van der Waals surface area contributed by atoms with Crippen LogP contribution in [0.15, 0.2) is 18.2 Å². The molecular weight excluding hydrogens is 246 g/mol. The number of benzene rings is 1. The molecule has 2 aliphatic heterocycles. The SMILES string of the molecule is Cc1cccc2c1CC(CN1CCNCC1)N2C(C)C. The van der Waals surface area contributed by atoms with Gasteiger partial charge in [-0.25, -0.2) is 0 Å². The predicted octanol–water partition coefficient (Wildman–Crippen LogP) is 2.04. The number of anilines is 1. The van der Waals surface area contributed by atoms with Crippen LogP contribution in [0.2, 0.25) is 0 Å². The maximum atomic E-state index is 3.44. The molecule has 0 amide bonds. The zero-order valence-electron chi connectivity index (χ0n) is 13.0. The first-order chi connectivity index (χ1) is 9.66. The lowest BCUT2D eigenvalue weighted by Crippen LogP contribution is -2.50. The minimum absolute atomic E-state index is 0.575. The van der Waals surface area contributed by atoms with Crippen molar-refractivity contribution >= 4 is 5.69 Å². The van der Waals surface area contributed by atoms with Crippen molar-refractivity contribution in [3.05, 3.63) is 29.3 Å². The van der Waals surface area contributed by atoms with E-state index in [2.05, 4.69) is 54.1 Å². The van der Waals surface area contributed by atoms with Gasteiger partial charge in [-0.1, -0.05) is 12.1 Å². The Morgan fingerprint density at radius 3 is 2.70 bits per heavy atom. The predicted molar refractivity (Wildman–Crippen MR) is 85.6 cm³/mol. The lowest BCUT2D eigenvalue weighted by atomic mass is 10.0. The molecule has 3 nitrogen and oxygen atoms in total. The molecule has 2 aliphatic rings. The molecule has 0 bridgehead atoms. The van der Waals surface area contributed by atoms with Gasteiger partial charge in [-0.3, -0.25) is 4.90 Å². The van der Waals surface area contributed by atoms with E-state index in [1.807, 2.05) is 0 Å². The summed E-state index contributed by atoms with van der Waals surface area (Å²) < 4.78 is 0. The molecule has 1 aromatic rings. The van der Waals surface area contributed by atoms with Crippen LogP contribution in [0, 0.1) is 6.92 Å². The van der Waals surface area contributed by atoms with Crippen LogP contribution in [0.5, 0.6) is 0 Å². The Hall–Kier alpha value is -1.06. The average Bonchev–Trinajstić information content (AvgIpc) is 2.79. The van der Waals surface area contributed by atoms with Crippen molar-refractivity contribution in [1.29, 1.82) is 0 Å². The summed E-state index contributed by atoms with van der Waals surface area (Å²) in [5.41, 5.74) is 4.50. The molecule has 1 unspecified atom stereocenters. The van der Waals surface area contributed by atoms with Gasteiger partial charge in [0.1, 0.15) is 0 Å². The van der Waals surface area contributed by atoms with Crippen LogP contribution in [-0.4, -0.2) is 49.7 Å². The Morgan fingerprint density at radius 2 is 2.00 bits per heavy atom. The minimum Gasteiger partial charge on any atom is -0.364 e. The van der Waals surface area contributed by atoms with Crippen molar-refractivity contribution in [2.75, 3.05) is 37.6 Å². The molecule has 0 saturated carbocycles. The maximum absolute atomic E-state index is 3.44. The molecule has 3 heteroatoms. The monoisotopic (exact) mass is 273 g/mol. The number of nitrogens with one attached hydrogen (secondary N) is 1. The fourth-order valence-electron chi connectivity index (χ4n) is 3.77. The molecule has 1 N–H and O–H groups in total. The summed E-state index contributed by atoms with van der Waals surface area (Å²) in [6.07, 6.45) is 1.21. The number of nitrogens with zero attached hydrogens (tertiary/aromatic N) is 2. The van der Waals surface area contributed by atoms with E-state index < -0.39 is 0 Å². The van der Waals surface area contributed by atoms with Crippen LogP contribution >= 0.6 is 0 Å². The van der Waals surface area contributed by atoms with E-state index >= 15 is 0 Å². The number of aryl methyl sites for hydroxylation is 1. The first-order valence-electron chi connectivity index (χ1n) is 7.96. The third-order valence-electron chi connectivity index (χ3n) is 4.73. The van der Waals surface area contributed by atoms with E-state index in [-0.39, 0.29) is 0 Å². The molecule has 2 heterocycles. The van der Waals surface area contributed by atoms with Crippen molar-refractivity contribution in [2.45, 2.75) is 39.3 Å². The van der Waals surface area contributed by atoms with Crippen molar-refractivity contribution in [1.82, 2.24) is 10.2 Å². The number of rotatable bonds is 3. The molecule has 1 saturated heterocycles. The second-order valence-corrected chi connectivity index (χ2v) is 6.48. The fourth-order valence-corrected chi connectivity index (χ4v) is 3.77. The third-order valence-corrected chi connectivity index (χ3v) is 4.73. The van der Waals surface area contributed by atoms with E-state index in [1.54, 1.807) is 5.56 Å². The first-order valence-corrected chi connectivity index (χ1v) is 7.96. The molecule has 0 radical (unpaired) electrons. The summed E-state index contributed by atoms with van der Waals surface area (Å²) in [5.74, 6) is 0. The largest absolute Gasteiger partial charge is 0.364 e. The number of piperazine rings is 1. The van der Waals surface area contributed by atoms with Crippen molar-refractivity contribution in [3.63, 3.8) is 0 Å². The van der Waals surface area contributed by atoms with Gasteiger partial charge in [-0.15, -0.1) is 0 Å². The first kappa shape index (κ1) is 13.9. The van der Waals surface area contributed by atoms with Gasteiger partial charge < -0.3 is 10.2 Å². The van der Waals surface area contributed by atoms with Crippen LogP contribution in [0.25, 0.3) is 0 Å². The van der Waals surface area contributed by atoms with Gasteiger partial charge in [0.25, 0.3) is 0 Å². The summed E-state index contributed by atoms with van der Waals surface area (Å²) >= 11 is 0. The summed E-state index contributed by atoms with van der Waals surface area (Å²) in [6, 6.07) is 7.98. The lowest BCUT2D eigenvalue weighted by Gasteiger charge is -2.36. The molecule has 1 fully saturated rings. The molecular formula is C17H27N3. The highest BCUT2D eigenvalue weighted by Crippen LogP contribution is 2.36. The lowest BCUT2D eigenvalue weighted by molar-refractivity contribution is 0.224. The van der Waals surface area contributed by atoms with Crippen LogP contribution < -0.4 is 10.2 Å². The molecule has 3 rings (SSSR count). The van der Waals surface area contributed by atoms with Gasteiger partial charge in [-0.05, 0) is 44.4 Å². The van der Waals surface area contributed by atoms with Gasteiger partial charge in [0.2, 0.25) is 0 Å². The van der Waals surface area contributed by atoms with Gasteiger partial charge in [0, 0.05) is 50.5 Å². The Balaban J connectivity index is 1.80. The molecule has 20 heavy (non-hydrogen) atoms. The quantitative estimate of drug-likeness (QED) is 0.909. The summed E-state index contributed by atoms with van der Waals surface area (Å²) in [6.45, 7) is 12.8. The molecule has 110 valence electrons. The Labute approximate surface area is 123 Å². The van der Waals surface area contributed by atoms with Crippen molar-refractivity contribution in [3.8, 4) is 0 Å². The van der Waals surface area contributed by atoms with E-state index in [4.69, 9.17) is 0 Å². The van der Waals surface area contributed by atoms with E-state index in [0.717, 1.165) is 13.1 Å². The van der Waals surface area contributed by atoms with Gasteiger partial charge in [0.05, 0.1) is 0 Å². The van der Waals surface area contributed by atoms with Crippen LogP contribution in [0.3, 0.4) is 0 Å². The summed E-state index contributed by atoms with van der Waals surface area (Å²) in [5, 5.41) is 3.44. The molecule has 0 aliphatic carbocycles. The molecule has 1 aromatic carbocycles. The Bertz CT molecular complexity index is 463. The highest BCUT2D eigenvalue weighted by Gasteiger charge is 2.33. The van der Waals surface area contributed by atoms with Crippen molar-refractivity contribution < 1.29 is 0 Å². The minimum atomic E-state index is 0.575. The summed E-state index contributed by atoms with van der Waals surface area (Å²) in [4.78, 5) is 5.27. The molecule has 1 atom stereocenters. The second kappa shape index (κ2) is 5.74. The Kier molecular flexibility index (Phi) is 3.99. The number of fused-ring (bicyclic) bond motifs is 1. The topological polar surface area (TPSA) is 18.5 Å². The highest BCUT2D eigenvalue weighted by molar-refractivity contribution is 5.62. The van der Waals surface area contributed by atoms with E-state index in [9.17, 15) is 0 Å². The van der Waals surface area contributed by atoms with Crippen LogP contribution in [0.4, 0.5) is 5.69 Å². The van der Waals surface area contributed by atoms with Gasteiger partial charge >= 0.3 is 0 Å². The van der Waals surface area contributed by atoms with Crippen LogP contribution in [0.1, 0.15) is 25.0 Å². The third kappa shape index (κ3) is 2.57. The van der Waals surface area contributed by atoms with E-state index in [0.29, 0.717) is 12.1 Å². The summed E-state index contributed by atoms with van der Waals surface area (Å²) in [7, 11) is 0. The van der Waals surface area contributed by atoms with Gasteiger partial charge in [0.15, 0.2) is 0 Å². The normalized spacial score (nSPS) is 23.4. The van der Waals surface area contributed by atoms with Gasteiger partial charge in [-0.2, -0.15) is 0 Å². The zero-order chi connectivity index (χ0) is 14.1. The Morgan fingerprint density at radius 1 is 1.25 bits per heavy atom. The molecule has 0 aromatic heterocycles. The molecule has 0 spiro atoms. The smallest absolute Gasteiger partial charge is 0.0461 e.